The van der Waals surface area contributed by atoms with Crippen LogP contribution < -0.4 is 5.32 Å². The lowest BCUT2D eigenvalue weighted by Crippen LogP contribution is -2.66. The number of hydrogen-bond acceptors (Lipinski definition) is 18. The highest BCUT2D eigenvalue weighted by Crippen LogP contribution is 2.33. The maximum atomic E-state index is 13.3. The van der Waals surface area contributed by atoms with Crippen LogP contribution >= 0.6 is 0 Å². The first kappa shape index (κ1) is 70.0. The predicted molar refractivity (Wildman–Crippen MR) is 295 cm³/mol. The summed E-state index contributed by atoms with van der Waals surface area (Å²) in [6.07, 6.45) is 19.5. The zero-order chi connectivity index (χ0) is 56.9. The number of rotatable bonds is 43. The van der Waals surface area contributed by atoms with E-state index in [1.54, 1.807) is 6.08 Å². The van der Waals surface area contributed by atoms with Gasteiger partial charge >= 0.3 is 0 Å². The molecule has 3 aliphatic heterocycles. The standard InChI is InChI=1S/C59H105NO18/c1-3-5-7-9-11-13-15-17-19-20-21-22-23-25-27-29-31-33-35-37-47(65)60-42(43(64)36-34-32-30-28-26-24-18-16-14-12-10-8-6-4-2)41-73-57-53(71)50(68)55(45(39-62)75-57)78-59-54(72)51(69)56(46(40-63)76-59)77-58-52(70)49(67)48(66)44(38-61)74-58/h14,16-17,19,26,28,34,36,42-46,48-59,61-64,66-72H,3-13,15,18,20-25,27,29-33,35,37-41H2,1-2H3,(H,60,65)/b16-14+,19-17-,28-26+,36-34+. The molecule has 17 atom stereocenters. The van der Waals surface area contributed by atoms with Crippen molar-refractivity contribution in [1.82, 2.24) is 5.32 Å². The monoisotopic (exact) mass is 1120 g/mol. The fraction of sp³-hybridized carbons (Fsp3) is 0.847. The van der Waals surface area contributed by atoms with Gasteiger partial charge in [-0.15, -0.1) is 0 Å². The number of carbonyl (C=O) groups is 1. The van der Waals surface area contributed by atoms with E-state index < -0.39 is 124 Å². The molecule has 19 nitrogen and oxygen atoms in total. The Morgan fingerprint density at radius 2 is 0.821 bits per heavy atom. The van der Waals surface area contributed by atoms with Gasteiger partial charge in [-0.25, -0.2) is 0 Å². The summed E-state index contributed by atoms with van der Waals surface area (Å²) in [5, 5.41) is 120. The molecule has 12 N–H and O–H groups in total. The fourth-order valence-electron chi connectivity index (χ4n) is 9.86. The average Bonchev–Trinajstić information content (AvgIpc) is 3.47. The van der Waals surface area contributed by atoms with Crippen molar-refractivity contribution in [1.29, 1.82) is 0 Å². The quantitative estimate of drug-likeness (QED) is 0.0279. The van der Waals surface area contributed by atoms with Crippen molar-refractivity contribution in [3.8, 4) is 0 Å². The maximum absolute atomic E-state index is 13.3. The molecule has 78 heavy (non-hydrogen) atoms. The van der Waals surface area contributed by atoms with Crippen LogP contribution in [-0.2, 0) is 33.2 Å². The van der Waals surface area contributed by atoms with Crippen LogP contribution in [-0.4, -0.2) is 193 Å². The number of unbranched alkanes of at least 4 members (excludes halogenated alkanes) is 21. The number of amides is 1. The van der Waals surface area contributed by atoms with Crippen LogP contribution in [0.15, 0.2) is 48.6 Å². The summed E-state index contributed by atoms with van der Waals surface area (Å²) in [7, 11) is 0. The molecule has 0 radical (unpaired) electrons. The smallest absolute Gasteiger partial charge is 0.220 e. The molecule has 3 fully saturated rings. The Morgan fingerprint density at radius 3 is 1.29 bits per heavy atom. The van der Waals surface area contributed by atoms with Crippen LogP contribution in [0.2, 0.25) is 0 Å². The van der Waals surface area contributed by atoms with Crippen molar-refractivity contribution in [3.05, 3.63) is 48.6 Å². The van der Waals surface area contributed by atoms with Crippen LogP contribution in [0.4, 0.5) is 0 Å². The van der Waals surface area contributed by atoms with E-state index in [9.17, 15) is 61.0 Å². The first-order valence-corrected chi connectivity index (χ1v) is 29.9. The molecule has 3 rings (SSSR count). The minimum absolute atomic E-state index is 0.229. The molecule has 17 unspecified atom stereocenters. The number of allylic oxidation sites excluding steroid dienone is 7. The molecule has 3 saturated heterocycles. The highest BCUT2D eigenvalue weighted by Gasteiger charge is 2.53. The van der Waals surface area contributed by atoms with E-state index >= 15 is 0 Å². The van der Waals surface area contributed by atoms with Gasteiger partial charge in [0.15, 0.2) is 18.9 Å². The van der Waals surface area contributed by atoms with E-state index in [0.717, 1.165) is 57.8 Å². The van der Waals surface area contributed by atoms with Gasteiger partial charge in [0, 0.05) is 6.42 Å². The molecule has 0 aromatic carbocycles. The molecule has 3 heterocycles. The normalized spacial score (nSPS) is 30.8. The molecule has 0 bridgehead atoms. The average molecular weight is 1120 g/mol. The zero-order valence-electron chi connectivity index (χ0n) is 47.1. The third kappa shape index (κ3) is 26.3. The van der Waals surface area contributed by atoms with E-state index in [2.05, 4.69) is 55.6 Å². The summed E-state index contributed by atoms with van der Waals surface area (Å²) in [6.45, 7) is 1.65. The van der Waals surface area contributed by atoms with Crippen LogP contribution in [0.1, 0.15) is 187 Å². The molecule has 3 aliphatic rings. The van der Waals surface area contributed by atoms with Gasteiger partial charge in [-0.3, -0.25) is 4.79 Å². The second-order valence-electron chi connectivity index (χ2n) is 21.4. The van der Waals surface area contributed by atoms with Crippen molar-refractivity contribution in [3.63, 3.8) is 0 Å². The van der Waals surface area contributed by atoms with E-state index in [-0.39, 0.29) is 18.9 Å². The lowest BCUT2D eigenvalue weighted by molar-refractivity contribution is -0.379. The fourth-order valence-corrected chi connectivity index (χ4v) is 9.86. The summed E-state index contributed by atoms with van der Waals surface area (Å²) in [5.41, 5.74) is 0. The van der Waals surface area contributed by atoms with Gasteiger partial charge in [-0.1, -0.05) is 159 Å². The lowest BCUT2D eigenvalue weighted by atomic mass is 9.96. The second kappa shape index (κ2) is 42.6. The third-order valence-corrected chi connectivity index (χ3v) is 14.8. The number of carbonyl (C=O) groups excluding carboxylic acids is 1. The first-order valence-electron chi connectivity index (χ1n) is 29.9. The Balaban J connectivity index is 1.51. The minimum Gasteiger partial charge on any atom is -0.394 e. The molecular weight excluding hydrogens is 1010 g/mol. The molecule has 1 amide bonds. The molecule has 0 aromatic heterocycles. The Labute approximate surface area is 465 Å². The topological polar surface area (TPSA) is 307 Å². The van der Waals surface area contributed by atoms with Gasteiger partial charge in [0.05, 0.1) is 38.6 Å². The molecule has 0 spiro atoms. The largest absolute Gasteiger partial charge is 0.394 e. The SMILES string of the molecule is CCCCCC/C=C/CC/C=C/CC/C=C/C(O)C(COC1OC(CO)C(OC2OC(CO)C(OC3OC(CO)C(O)C(O)C3O)C(O)C2O)C(O)C1O)NC(=O)CCCCCCCCCCC/C=C\CCCCCCCC. The summed E-state index contributed by atoms with van der Waals surface area (Å²) in [6, 6.07) is -0.996. The van der Waals surface area contributed by atoms with Gasteiger partial charge in [-0.05, 0) is 70.6 Å². The van der Waals surface area contributed by atoms with Crippen molar-refractivity contribution in [2.45, 2.75) is 291 Å². The molecule has 19 heteroatoms. The Bertz CT molecular complexity index is 1620. The Hall–Kier alpha value is -2.25. The van der Waals surface area contributed by atoms with Gasteiger partial charge in [0.2, 0.25) is 5.91 Å². The maximum Gasteiger partial charge on any atom is 0.220 e. The highest BCUT2D eigenvalue weighted by atomic mass is 16.8. The van der Waals surface area contributed by atoms with Crippen molar-refractivity contribution >= 4 is 5.91 Å². The molecule has 0 saturated carbocycles. The van der Waals surface area contributed by atoms with Crippen LogP contribution in [0, 0.1) is 0 Å². The van der Waals surface area contributed by atoms with Crippen molar-refractivity contribution in [2.24, 2.45) is 0 Å². The number of aliphatic hydroxyl groups excluding tert-OH is 11. The summed E-state index contributed by atoms with van der Waals surface area (Å²) in [5.74, 6) is -0.294. The van der Waals surface area contributed by atoms with Gasteiger partial charge < -0.3 is 89.9 Å². The third-order valence-electron chi connectivity index (χ3n) is 14.8. The van der Waals surface area contributed by atoms with Crippen LogP contribution in [0.3, 0.4) is 0 Å². The molecular formula is C59H105NO18. The predicted octanol–water partition coefficient (Wildman–Crippen LogP) is 5.09. The molecule has 454 valence electrons. The van der Waals surface area contributed by atoms with E-state index in [0.29, 0.717) is 12.8 Å². The Kier molecular flexibility index (Phi) is 38.2. The van der Waals surface area contributed by atoms with Crippen molar-refractivity contribution in [2.75, 3.05) is 26.4 Å². The van der Waals surface area contributed by atoms with E-state index in [1.807, 2.05) is 6.08 Å². The Morgan fingerprint density at radius 1 is 0.449 bits per heavy atom. The van der Waals surface area contributed by atoms with E-state index in [4.69, 9.17) is 28.4 Å². The minimum atomic E-state index is -1.98. The molecule has 0 aliphatic carbocycles. The number of ether oxygens (including phenoxy) is 6. The number of hydrogen-bond donors (Lipinski definition) is 12. The van der Waals surface area contributed by atoms with E-state index in [1.165, 1.54) is 96.3 Å². The van der Waals surface area contributed by atoms with Crippen LogP contribution in [0.5, 0.6) is 0 Å². The summed E-state index contributed by atoms with van der Waals surface area (Å²) >= 11 is 0. The lowest BCUT2D eigenvalue weighted by Gasteiger charge is -2.48. The van der Waals surface area contributed by atoms with Gasteiger partial charge in [-0.2, -0.15) is 0 Å². The van der Waals surface area contributed by atoms with Gasteiger partial charge in [0.25, 0.3) is 0 Å². The zero-order valence-corrected chi connectivity index (χ0v) is 47.1. The van der Waals surface area contributed by atoms with Crippen molar-refractivity contribution < 1.29 is 89.4 Å². The number of nitrogens with one attached hydrogen (secondary N) is 1. The van der Waals surface area contributed by atoms with Crippen LogP contribution in [0.25, 0.3) is 0 Å². The molecule has 0 aromatic rings. The summed E-state index contributed by atoms with van der Waals surface area (Å²) < 4.78 is 34.2. The summed E-state index contributed by atoms with van der Waals surface area (Å²) in [4.78, 5) is 13.3. The second-order valence-corrected chi connectivity index (χ2v) is 21.4. The first-order chi connectivity index (χ1) is 37.8. The van der Waals surface area contributed by atoms with Gasteiger partial charge in [0.1, 0.15) is 73.2 Å². The highest BCUT2D eigenvalue weighted by molar-refractivity contribution is 5.76. The number of aliphatic hydroxyl groups is 11.